The van der Waals surface area contributed by atoms with Gasteiger partial charge in [0.25, 0.3) is 5.91 Å². The van der Waals surface area contributed by atoms with E-state index in [2.05, 4.69) is 5.32 Å². The van der Waals surface area contributed by atoms with E-state index < -0.39 is 5.97 Å². The molecule has 1 heterocycles. The highest BCUT2D eigenvalue weighted by molar-refractivity contribution is 6.32. The summed E-state index contributed by atoms with van der Waals surface area (Å²) in [7, 11) is 0. The van der Waals surface area contributed by atoms with Crippen LogP contribution >= 0.6 is 11.6 Å². The van der Waals surface area contributed by atoms with Gasteiger partial charge in [0.15, 0.2) is 11.5 Å². The Hall–Kier alpha value is -1.95. The molecule has 1 amide bonds. The lowest BCUT2D eigenvalue weighted by atomic mass is 9.86. The highest BCUT2D eigenvalue weighted by Crippen LogP contribution is 2.39. The summed E-state index contributed by atoms with van der Waals surface area (Å²) in [5.74, 6) is -0.369. The lowest BCUT2D eigenvalue weighted by molar-refractivity contribution is -0.142. The molecule has 0 unspecified atom stereocenters. The topological polar surface area (TPSA) is 84.9 Å². The maximum absolute atomic E-state index is 12.3. The SMILES string of the molecule is O=C(NC1CCC(C(=O)O)CC1)c1cc(Cl)c2c(c1)OCO2. The van der Waals surface area contributed by atoms with Crippen molar-refractivity contribution in [3.8, 4) is 11.5 Å². The molecule has 0 spiro atoms. The molecule has 2 N–H and O–H groups in total. The Morgan fingerprint density at radius 2 is 1.91 bits per heavy atom. The number of carboxylic acids is 1. The number of carbonyl (C=O) groups is 2. The summed E-state index contributed by atoms with van der Waals surface area (Å²) in [4.78, 5) is 23.2. The summed E-state index contributed by atoms with van der Waals surface area (Å²) < 4.78 is 10.5. The van der Waals surface area contributed by atoms with Crippen LogP contribution in [0.15, 0.2) is 12.1 Å². The Kier molecular flexibility index (Phi) is 4.11. The third-order valence-electron chi connectivity index (χ3n) is 4.10. The van der Waals surface area contributed by atoms with Crippen molar-refractivity contribution in [2.24, 2.45) is 5.92 Å². The third kappa shape index (κ3) is 2.97. The molecule has 0 aromatic heterocycles. The first-order valence-corrected chi connectivity index (χ1v) is 7.55. The molecule has 0 atom stereocenters. The van der Waals surface area contributed by atoms with E-state index in [-0.39, 0.29) is 24.7 Å². The second-order valence-corrected chi connectivity index (χ2v) is 5.96. The minimum Gasteiger partial charge on any atom is -0.481 e. The fourth-order valence-corrected chi connectivity index (χ4v) is 3.12. The zero-order valence-electron chi connectivity index (χ0n) is 11.8. The number of amides is 1. The van der Waals surface area contributed by atoms with E-state index in [4.69, 9.17) is 26.2 Å². The predicted octanol–water partition coefficient (Wildman–Crippen LogP) is 2.44. The zero-order chi connectivity index (χ0) is 15.7. The fraction of sp³-hybridized carbons (Fsp3) is 0.467. The molecule has 22 heavy (non-hydrogen) atoms. The first-order valence-electron chi connectivity index (χ1n) is 7.17. The molecule has 2 aliphatic rings. The summed E-state index contributed by atoms with van der Waals surface area (Å²) in [5, 5.41) is 12.2. The smallest absolute Gasteiger partial charge is 0.306 e. The molecule has 3 rings (SSSR count). The van der Waals surface area contributed by atoms with Gasteiger partial charge in [-0.2, -0.15) is 0 Å². The molecule has 1 aliphatic heterocycles. The van der Waals surface area contributed by atoms with Gasteiger partial charge in [-0.1, -0.05) is 11.6 Å². The lowest BCUT2D eigenvalue weighted by Crippen LogP contribution is -2.38. The Morgan fingerprint density at radius 3 is 2.59 bits per heavy atom. The summed E-state index contributed by atoms with van der Waals surface area (Å²) in [6, 6.07) is 3.15. The molecule has 0 saturated heterocycles. The molecule has 0 radical (unpaired) electrons. The van der Waals surface area contributed by atoms with Crippen LogP contribution in [0, 0.1) is 5.92 Å². The maximum atomic E-state index is 12.3. The van der Waals surface area contributed by atoms with E-state index in [1.807, 2.05) is 0 Å². The normalized spacial score (nSPS) is 23.1. The van der Waals surface area contributed by atoms with Gasteiger partial charge >= 0.3 is 5.97 Å². The number of halogens is 1. The van der Waals surface area contributed by atoms with Gasteiger partial charge in [0.2, 0.25) is 6.79 Å². The molecule has 1 aromatic rings. The average Bonchev–Trinajstić information content (AvgIpc) is 2.96. The summed E-state index contributed by atoms with van der Waals surface area (Å²) >= 11 is 6.07. The predicted molar refractivity (Wildman–Crippen MR) is 78.4 cm³/mol. The van der Waals surface area contributed by atoms with E-state index in [0.717, 1.165) is 0 Å². The van der Waals surface area contributed by atoms with Crippen molar-refractivity contribution in [2.75, 3.05) is 6.79 Å². The van der Waals surface area contributed by atoms with E-state index in [9.17, 15) is 9.59 Å². The van der Waals surface area contributed by atoms with Crippen LogP contribution in [0.5, 0.6) is 11.5 Å². The molecule has 118 valence electrons. The average molecular weight is 326 g/mol. The van der Waals surface area contributed by atoms with Gasteiger partial charge < -0.3 is 19.9 Å². The minimum absolute atomic E-state index is 0.00713. The Balaban J connectivity index is 1.63. The summed E-state index contributed by atoms with van der Waals surface area (Å²) in [6.45, 7) is 0.0966. The molecule has 1 fully saturated rings. The van der Waals surface area contributed by atoms with Crippen LogP contribution in [0.25, 0.3) is 0 Å². The van der Waals surface area contributed by atoms with Crippen molar-refractivity contribution < 1.29 is 24.2 Å². The molecule has 1 saturated carbocycles. The maximum Gasteiger partial charge on any atom is 0.306 e. The number of carbonyl (C=O) groups excluding carboxylic acids is 1. The number of benzene rings is 1. The van der Waals surface area contributed by atoms with Crippen LogP contribution in [0.2, 0.25) is 5.02 Å². The van der Waals surface area contributed by atoms with E-state index in [1.54, 1.807) is 12.1 Å². The number of carboxylic acid groups (broad SMARTS) is 1. The standard InChI is InChI=1S/C15H16ClNO5/c16-11-5-9(6-12-13(11)22-7-21-12)14(18)17-10-3-1-8(2-4-10)15(19)20/h5-6,8,10H,1-4,7H2,(H,17,18)(H,19,20). The Bertz CT molecular complexity index is 610. The molecule has 0 bridgehead atoms. The van der Waals surface area contributed by atoms with Gasteiger partial charge in [0, 0.05) is 11.6 Å². The van der Waals surface area contributed by atoms with Gasteiger partial charge in [-0.15, -0.1) is 0 Å². The van der Waals surface area contributed by atoms with Crippen LogP contribution in [0.4, 0.5) is 0 Å². The number of nitrogens with one attached hydrogen (secondary N) is 1. The molecular formula is C15H16ClNO5. The van der Waals surface area contributed by atoms with Crippen molar-refractivity contribution in [1.29, 1.82) is 0 Å². The molecule has 1 aromatic carbocycles. The Labute approximate surface area is 132 Å². The largest absolute Gasteiger partial charge is 0.481 e. The molecule has 7 heteroatoms. The number of hydrogen-bond acceptors (Lipinski definition) is 4. The third-order valence-corrected chi connectivity index (χ3v) is 4.38. The van der Waals surface area contributed by atoms with Crippen LogP contribution < -0.4 is 14.8 Å². The fourth-order valence-electron chi connectivity index (χ4n) is 2.85. The van der Waals surface area contributed by atoms with Gasteiger partial charge in [-0.25, -0.2) is 0 Å². The van der Waals surface area contributed by atoms with Crippen molar-refractivity contribution in [2.45, 2.75) is 31.7 Å². The van der Waals surface area contributed by atoms with Crippen LogP contribution in [-0.2, 0) is 4.79 Å². The van der Waals surface area contributed by atoms with Crippen molar-refractivity contribution >= 4 is 23.5 Å². The number of aliphatic carboxylic acids is 1. The van der Waals surface area contributed by atoms with Gasteiger partial charge in [-0.05, 0) is 37.8 Å². The number of rotatable bonds is 3. The van der Waals surface area contributed by atoms with Gasteiger partial charge in [0.1, 0.15) is 0 Å². The summed E-state index contributed by atoms with van der Waals surface area (Å²) in [5.41, 5.74) is 0.412. The number of fused-ring (bicyclic) bond motifs is 1. The Morgan fingerprint density at radius 1 is 1.18 bits per heavy atom. The molecular weight excluding hydrogens is 310 g/mol. The van der Waals surface area contributed by atoms with Crippen LogP contribution in [-0.4, -0.2) is 29.8 Å². The van der Waals surface area contributed by atoms with E-state index in [1.165, 1.54) is 0 Å². The van der Waals surface area contributed by atoms with Crippen LogP contribution in [0.1, 0.15) is 36.0 Å². The van der Waals surface area contributed by atoms with Crippen molar-refractivity contribution in [1.82, 2.24) is 5.32 Å². The monoisotopic (exact) mass is 325 g/mol. The highest BCUT2D eigenvalue weighted by atomic mass is 35.5. The second-order valence-electron chi connectivity index (χ2n) is 5.55. The minimum atomic E-state index is -0.757. The van der Waals surface area contributed by atoms with Crippen molar-refractivity contribution in [3.05, 3.63) is 22.7 Å². The quantitative estimate of drug-likeness (QED) is 0.891. The zero-order valence-corrected chi connectivity index (χ0v) is 12.6. The summed E-state index contributed by atoms with van der Waals surface area (Å²) in [6.07, 6.45) is 2.51. The lowest BCUT2D eigenvalue weighted by Gasteiger charge is -2.26. The van der Waals surface area contributed by atoms with Gasteiger partial charge in [-0.3, -0.25) is 9.59 Å². The molecule has 6 nitrogen and oxygen atoms in total. The van der Waals surface area contributed by atoms with E-state index >= 15 is 0 Å². The number of hydrogen-bond donors (Lipinski definition) is 2. The first kappa shape index (κ1) is 15.0. The highest BCUT2D eigenvalue weighted by Gasteiger charge is 2.27. The molecule has 1 aliphatic carbocycles. The number of ether oxygens (including phenoxy) is 2. The first-order chi connectivity index (χ1) is 10.5. The van der Waals surface area contributed by atoms with Crippen LogP contribution in [0.3, 0.4) is 0 Å². The van der Waals surface area contributed by atoms with Crippen molar-refractivity contribution in [3.63, 3.8) is 0 Å². The van der Waals surface area contributed by atoms with E-state index in [0.29, 0.717) is 47.8 Å². The van der Waals surface area contributed by atoms with Gasteiger partial charge in [0.05, 0.1) is 10.9 Å². The second kappa shape index (κ2) is 6.04.